The third-order valence-electron chi connectivity index (χ3n) is 3.69. The molecule has 0 aliphatic rings. The highest BCUT2D eigenvalue weighted by molar-refractivity contribution is 14.1. The Morgan fingerprint density at radius 2 is 1.87 bits per heavy atom. The normalized spacial score (nSPS) is 10.6. The van der Waals surface area contributed by atoms with Crippen LogP contribution < -0.4 is 5.32 Å². The largest absolute Gasteiger partial charge is 0.322 e. The fourth-order valence-corrected chi connectivity index (χ4v) is 3.07. The van der Waals surface area contributed by atoms with Crippen molar-refractivity contribution in [3.05, 3.63) is 75.1 Å². The van der Waals surface area contributed by atoms with Gasteiger partial charge in [0.05, 0.1) is 23.1 Å². The summed E-state index contributed by atoms with van der Waals surface area (Å²) in [7, 11) is 0. The zero-order valence-corrected chi connectivity index (χ0v) is 15.0. The van der Waals surface area contributed by atoms with Crippen molar-refractivity contribution >= 4 is 34.2 Å². The molecule has 0 atom stereocenters. The number of nitrogens with one attached hydrogen (secondary N) is 1. The van der Waals surface area contributed by atoms with Crippen molar-refractivity contribution in [1.82, 2.24) is 9.78 Å². The molecule has 1 aromatic heterocycles. The van der Waals surface area contributed by atoms with Gasteiger partial charge in [-0.1, -0.05) is 18.2 Å². The summed E-state index contributed by atoms with van der Waals surface area (Å²) in [6.07, 6.45) is 1.61. The highest BCUT2D eigenvalue weighted by atomic mass is 127. The quantitative estimate of drug-likeness (QED) is 0.645. The van der Waals surface area contributed by atoms with Crippen LogP contribution in [0.15, 0.2) is 54.7 Å². The third-order valence-corrected chi connectivity index (χ3v) is 4.36. The van der Waals surface area contributed by atoms with Crippen molar-refractivity contribution in [1.29, 1.82) is 0 Å². The number of nitrogens with zero attached hydrogens (tertiary/aromatic N) is 2. The van der Waals surface area contributed by atoms with Gasteiger partial charge < -0.3 is 5.32 Å². The molecule has 0 spiro atoms. The minimum absolute atomic E-state index is 0.144. The SMILES string of the molecule is Cc1cc(I)ccc1NC(=O)c1cnn(-c2ccccc2)c1C. The lowest BCUT2D eigenvalue weighted by Crippen LogP contribution is -2.14. The van der Waals surface area contributed by atoms with Crippen LogP contribution in [-0.4, -0.2) is 15.7 Å². The second-order valence-corrected chi connectivity index (χ2v) is 6.55. The van der Waals surface area contributed by atoms with Crippen molar-refractivity contribution in [2.24, 2.45) is 0 Å². The van der Waals surface area contributed by atoms with Crippen molar-refractivity contribution in [2.45, 2.75) is 13.8 Å². The molecule has 0 bridgehead atoms. The Labute approximate surface area is 148 Å². The first-order valence-electron chi connectivity index (χ1n) is 7.24. The van der Waals surface area contributed by atoms with Gasteiger partial charge in [0.15, 0.2) is 0 Å². The number of hydrogen-bond acceptors (Lipinski definition) is 2. The number of carbonyl (C=O) groups excluding carboxylic acids is 1. The molecule has 0 aliphatic heterocycles. The molecule has 1 N–H and O–H groups in total. The Hall–Kier alpha value is -2.15. The summed E-state index contributed by atoms with van der Waals surface area (Å²) in [5.74, 6) is -0.144. The van der Waals surface area contributed by atoms with Gasteiger partial charge in [-0.05, 0) is 72.3 Å². The monoisotopic (exact) mass is 417 g/mol. The lowest BCUT2D eigenvalue weighted by atomic mass is 10.2. The van der Waals surface area contributed by atoms with Crippen LogP contribution in [0.25, 0.3) is 5.69 Å². The molecule has 0 aliphatic carbocycles. The van der Waals surface area contributed by atoms with Crippen LogP contribution in [-0.2, 0) is 0 Å². The first-order valence-corrected chi connectivity index (χ1v) is 8.31. The molecule has 0 unspecified atom stereocenters. The van der Waals surface area contributed by atoms with Gasteiger partial charge in [0.25, 0.3) is 5.91 Å². The van der Waals surface area contributed by atoms with E-state index in [1.807, 2.05) is 62.4 Å². The van der Waals surface area contributed by atoms with Gasteiger partial charge in [-0.2, -0.15) is 5.10 Å². The third kappa shape index (κ3) is 3.29. The number of amides is 1. The maximum absolute atomic E-state index is 12.6. The molecule has 0 radical (unpaired) electrons. The number of benzene rings is 2. The minimum atomic E-state index is -0.144. The van der Waals surface area contributed by atoms with E-state index in [1.54, 1.807) is 10.9 Å². The van der Waals surface area contributed by atoms with Gasteiger partial charge in [0.2, 0.25) is 0 Å². The van der Waals surface area contributed by atoms with Gasteiger partial charge in [-0.25, -0.2) is 4.68 Å². The highest BCUT2D eigenvalue weighted by Crippen LogP contribution is 2.20. The average molecular weight is 417 g/mol. The lowest BCUT2D eigenvalue weighted by Gasteiger charge is -2.09. The molecule has 0 saturated carbocycles. The lowest BCUT2D eigenvalue weighted by molar-refractivity contribution is 0.102. The summed E-state index contributed by atoms with van der Waals surface area (Å²) < 4.78 is 2.92. The molecule has 0 saturated heterocycles. The molecule has 5 heteroatoms. The summed E-state index contributed by atoms with van der Waals surface area (Å²) in [5, 5.41) is 7.30. The summed E-state index contributed by atoms with van der Waals surface area (Å²) >= 11 is 2.26. The molecular weight excluding hydrogens is 401 g/mol. The van der Waals surface area contributed by atoms with Crippen LogP contribution in [0.1, 0.15) is 21.6 Å². The second-order valence-electron chi connectivity index (χ2n) is 5.30. The fraction of sp³-hybridized carbons (Fsp3) is 0.111. The van der Waals surface area contributed by atoms with Crippen LogP contribution in [0.5, 0.6) is 0 Å². The molecule has 3 rings (SSSR count). The number of rotatable bonds is 3. The molecule has 3 aromatic rings. The van der Waals surface area contributed by atoms with E-state index in [4.69, 9.17) is 0 Å². The minimum Gasteiger partial charge on any atom is -0.322 e. The molecule has 116 valence electrons. The number of anilines is 1. The molecule has 2 aromatic carbocycles. The maximum Gasteiger partial charge on any atom is 0.259 e. The van der Waals surface area contributed by atoms with Crippen LogP contribution in [0.3, 0.4) is 0 Å². The van der Waals surface area contributed by atoms with E-state index in [0.717, 1.165) is 26.2 Å². The fourth-order valence-electron chi connectivity index (χ4n) is 2.42. The van der Waals surface area contributed by atoms with Crippen molar-refractivity contribution in [2.75, 3.05) is 5.32 Å². The molecule has 1 amide bonds. The number of para-hydroxylation sites is 1. The number of hydrogen-bond donors (Lipinski definition) is 1. The average Bonchev–Trinajstić information content (AvgIpc) is 2.92. The van der Waals surface area contributed by atoms with Gasteiger partial charge >= 0.3 is 0 Å². The van der Waals surface area contributed by atoms with Gasteiger partial charge in [-0.3, -0.25) is 4.79 Å². The van der Waals surface area contributed by atoms with Crippen molar-refractivity contribution < 1.29 is 4.79 Å². The number of carbonyl (C=O) groups is 1. The van der Waals surface area contributed by atoms with Crippen LogP contribution in [0, 0.1) is 17.4 Å². The van der Waals surface area contributed by atoms with Crippen LogP contribution >= 0.6 is 22.6 Å². The number of aryl methyl sites for hydroxylation is 1. The highest BCUT2D eigenvalue weighted by Gasteiger charge is 2.15. The Morgan fingerprint density at radius 1 is 1.13 bits per heavy atom. The van der Waals surface area contributed by atoms with Gasteiger partial charge in [0, 0.05) is 9.26 Å². The summed E-state index contributed by atoms with van der Waals surface area (Å²) in [6, 6.07) is 15.7. The van der Waals surface area contributed by atoms with E-state index in [-0.39, 0.29) is 5.91 Å². The van der Waals surface area contributed by atoms with E-state index >= 15 is 0 Å². The first-order chi connectivity index (χ1) is 11.1. The standard InChI is InChI=1S/C18H16IN3O/c1-12-10-14(19)8-9-17(12)21-18(23)16-11-20-22(13(16)2)15-6-4-3-5-7-15/h3-11H,1-2H3,(H,21,23). The number of halogens is 1. The molecular formula is C18H16IN3O. The topological polar surface area (TPSA) is 46.9 Å². The zero-order valence-electron chi connectivity index (χ0n) is 12.9. The molecule has 0 fully saturated rings. The van der Waals surface area contributed by atoms with Crippen LogP contribution in [0.4, 0.5) is 5.69 Å². The second kappa shape index (κ2) is 6.54. The maximum atomic E-state index is 12.6. The predicted octanol–water partition coefficient (Wildman–Crippen LogP) is 4.35. The van der Waals surface area contributed by atoms with Crippen LogP contribution in [0.2, 0.25) is 0 Å². The molecule has 1 heterocycles. The van der Waals surface area contributed by atoms with E-state index in [9.17, 15) is 4.79 Å². The van der Waals surface area contributed by atoms with Crippen molar-refractivity contribution in [3.8, 4) is 5.69 Å². The Kier molecular flexibility index (Phi) is 4.47. The van der Waals surface area contributed by atoms with Crippen molar-refractivity contribution in [3.63, 3.8) is 0 Å². The van der Waals surface area contributed by atoms with E-state index in [2.05, 4.69) is 33.0 Å². The first kappa shape index (κ1) is 15.7. The molecule has 23 heavy (non-hydrogen) atoms. The van der Waals surface area contributed by atoms with Gasteiger partial charge in [0.1, 0.15) is 0 Å². The van der Waals surface area contributed by atoms with E-state index < -0.39 is 0 Å². The smallest absolute Gasteiger partial charge is 0.259 e. The summed E-state index contributed by atoms with van der Waals surface area (Å²) in [4.78, 5) is 12.6. The summed E-state index contributed by atoms with van der Waals surface area (Å²) in [5.41, 5.74) is 4.19. The Morgan fingerprint density at radius 3 is 2.57 bits per heavy atom. The predicted molar refractivity (Wildman–Crippen MR) is 100 cm³/mol. The molecule has 4 nitrogen and oxygen atoms in total. The van der Waals surface area contributed by atoms with E-state index in [0.29, 0.717) is 5.56 Å². The Bertz CT molecular complexity index is 856. The van der Waals surface area contributed by atoms with E-state index in [1.165, 1.54) is 0 Å². The van der Waals surface area contributed by atoms with Gasteiger partial charge in [-0.15, -0.1) is 0 Å². The number of aromatic nitrogens is 2. The summed E-state index contributed by atoms with van der Waals surface area (Å²) in [6.45, 7) is 3.88. The Balaban J connectivity index is 1.88. The zero-order chi connectivity index (χ0) is 16.4.